The summed E-state index contributed by atoms with van der Waals surface area (Å²) in [6.45, 7) is 5.54. The van der Waals surface area contributed by atoms with Crippen LogP contribution in [-0.4, -0.2) is 66.5 Å². The van der Waals surface area contributed by atoms with E-state index in [9.17, 15) is 0 Å². The molecule has 1 rings (SSSR count). The van der Waals surface area contributed by atoms with Gasteiger partial charge in [-0.1, -0.05) is 6.92 Å². The largest absolute Gasteiger partial charge is 0.522 e. The van der Waals surface area contributed by atoms with Crippen LogP contribution in [0.5, 0.6) is 0 Å². The number of hydrogen-bond donors (Lipinski definition) is 0. The van der Waals surface area contributed by atoms with E-state index in [0.29, 0.717) is 6.17 Å². The highest BCUT2D eigenvalue weighted by atomic mass is 28.4. The molecule has 0 amide bonds. The molecule has 0 aromatic heterocycles. The Bertz CT molecular complexity index is 239. The van der Waals surface area contributed by atoms with Crippen molar-refractivity contribution in [3.63, 3.8) is 0 Å². The van der Waals surface area contributed by atoms with Gasteiger partial charge in [0, 0.05) is 40.1 Å². The normalized spacial score (nSPS) is 18.5. The van der Waals surface area contributed by atoms with Crippen LogP contribution in [-0.2, 0) is 13.3 Å². The molecule has 1 saturated heterocycles. The molecule has 0 unspecified atom stereocenters. The highest BCUT2D eigenvalue weighted by Crippen LogP contribution is 2.10. The molecule has 1 heterocycles. The van der Waals surface area contributed by atoms with E-state index >= 15 is 0 Å². The summed E-state index contributed by atoms with van der Waals surface area (Å²) < 4.78 is 16.0. The third kappa shape index (κ3) is 4.15. The summed E-state index contributed by atoms with van der Waals surface area (Å²) in [6.07, 6.45) is 2.63. The van der Waals surface area contributed by atoms with Gasteiger partial charge >= 0.3 is 8.80 Å². The Kier molecular flexibility index (Phi) is 6.28. The number of aliphatic imine (C=N–C) groups is 1. The molecule has 5 nitrogen and oxygen atoms in total. The van der Waals surface area contributed by atoms with Gasteiger partial charge in [-0.05, 0) is 19.4 Å². The van der Waals surface area contributed by atoms with Crippen LogP contribution in [0.1, 0.15) is 19.8 Å². The van der Waals surface area contributed by atoms with Crippen molar-refractivity contribution in [2.75, 3.05) is 47.1 Å². The molecule has 0 N–H and O–H groups in total. The summed E-state index contributed by atoms with van der Waals surface area (Å²) in [5.41, 5.74) is 1.26. The Labute approximate surface area is 105 Å². The molecule has 0 saturated carbocycles. The van der Waals surface area contributed by atoms with E-state index in [1.165, 1.54) is 5.71 Å². The predicted octanol–water partition coefficient (Wildman–Crippen LogP) is 0.960. The molecule has 1 aliphatic rings. The minimum atomic E-state index is -2.53. The second-order valence-corrected chi connectivity index (χ2v) is 7.02. The summed E-state index contributed by atoms with van der Waals surface area (Å²) >= 11 is 0. The van der Waals surface area contributed by atoms with Gasteiger partial charge in [-0.15, -0.1) is 0 Å². The average Bonchev–Trinajstić information content (AvgIpc) is 2.41. The van der Waals surface area contributed by atoms with E-state index in [2.05, 4.69) is 16.8 Å². The van der Waals surface area contributed by atoms with Gasteiger partial charge in [0.1, 0.15) is 6.17 Å². The van der Waals surface area contributed by atoms with Gasteiger partial charge in [0.15, 0.2) is 0 Å². The maximum absolute atomic E-state index is 5.35. The molecule has 0 aromatic rings. The molecule has 0 radical (unpaired) electrons. The van der Waals surface area contributed by atoms with Gasteiger partial charge in [0.25, 0.3) is 0 Å². The lowest BCUT2D eigenvalue weighted by atomic mass is 10.1. The number of likely N-dealkylation sites (tertiary alicyclic amines) is 1. The quantitative estimate of drug-likeness (QED) is 0.667. The zero-order valence-electron chi connectivity index (χ0n) is 11.4. The Morgan fingerprint density at radius 2 is 1.65 bits per heavy atom. The van der Waals surface area contributed by atoms with Crippen LogP contribution in [0.4, 0.5) is 0 Å². The van der Waals surface area contributed by atoms with Gasteiger partial charge in [-0.2, -0.15) is 0 Å². The molecule has 6 heteroatoms. The first-order chi connectivity index (χ1) is 8.19. The summed E-state index contributed by atoms with van der Waals surface area (Å²) in [4.78, 5) is 7.05. The highest BCUT2D eigenvalue weighted by molar-refractivity contribution is 6.61. The van der Waals surface area contributed by atoms with Crippen LogP contribution in [0.3, 0.4) is 0 Å². The molecule has 0 bridgehead atoms. The first-order valence-electron chi connectivity index (χ1n) is 6.09. The standard InChI is InChI=1S/C11H24N2O3Si/c1-5-13-8-6-11(7-9-13)12-10-17(14-2,15-3)16-4/h5-10H2,1-4H3. The monoisotopic (exact) mass is 260 g/mol. The summed E-state index contributed by atoms with van der Waals surface area (Å²) in [6, 6.07) is 0. The molecule has 0 aromatic carbocycles. The van der Waals surface area contributed by atoms with Crippen LogP contribution in [0.25, 0.3) is 0 Å². The topological polar surface area (TPSA) is 43.3 Å². The van der Waals surface area contributed by atoms with E-state index < -0.39 is 8.80 Å². The van der Waals surface area contributed by atoms with E-state index in [4.69, 9.17) is 13.3 Å². The molecule has 0 atom stereocenters. The molecule has 0 spiro atoms. The molecular formula is C11H24N2O3Si. The van der Waals surface area contributed by atoms with Crippen LogP contribution in [0, 0.1) is 0 Å². The zero-order chi connectivity index (χ0) is 12.7. The van der Waals surface area contributed by atoms with Gasteiger partial charge in [-0.25, -0.2) is 0 Å². The SMILES string of the molecule is CCN1CCC(=NC[Si](OC)(OC)OC)CC1. The number of nitrogens with zero attached hydrogens (tertiary/aromatic N) is 2. The van der Waals surface area contributed by atoms with Crippen molar-refractivity contribution in [3.8, 4) is 0 Å². The Hall–Kier alpha value is -0.273. The van der Waals surface area contributed by atoms with Crippen LogP contribution >= 0.6 is 0 Å². The molecular weight excluding hydrogens is 236 g/mol. The predicted molar refractivity (Wildman–Crippen MR) is 70.4 cm³/mol. The molecule has 0 aliphatic carbocycles. The van der Waals surface area contributed by atoms with Crippen LogP contribution in [0.15, 0.2) is 4.99 Å². The summed E-state index contributed by atoms with van der Waals surface area (Å²) in [5.74, 6) is 0. The van der Waals surface area contributed by atoms with E-state index in [1.54, 1.807) is 21.3 Å². The van der Waals surface area contributed by atoms with Gasteiger partial charge in [-0.3, -0.25) is 4.99 Å². The van der Waals surface area contributed by atoms with Crippen molar-refractivity contribution < 1.29 is 13.3 Å². The number of rotatable bonds is 6. The Morgan fingerprint density at radius 3 is 2.06 bits per heavy atom. The van der Waals surface area contributed by atoms with Crippen molar-refractivity contribution in [2.45, 2.75) is 19.8 Å². The maximum Gasteiger partial charge on any atom is 0.522 e. The highest BCUT2D eigenvalue weighted by Gasteiger charge is 2.37. The zero-order valence-corrected chi connectivity index (χ0v) is 12.4. The van der Waals surface area contributed by atoms with Crippen molar-refractivity contribution >= 4 is 14.5 Å². The Morgan fingerprint density at radius 1 is 1.12 bits per heavy atom. The minimum Gasteiger partial charge on any atom is -0.376 e. The first-order valence-corrected chi connectivity index (χ1v) is 8.03. The number of piperidine rings is 1. The third-order valence-electron chi connectivity index (χ3n) is 3.31. The molecule has 1 fully saturated rings. The fourth-order valence-corrected chi connectivity index (χ4v) is 3.24. The van der Waals surface area contributed by atoms with Crippen molar-refractivity contribution in [1.82, 2.24) is 4.90 Å². The van der Waals surface area contributed by atoms with Crippen LogP contribution in [0.2, 0.25) is 0 Å². The number of hydrogen-bond acceptors (Lipinski definition) is 5. The van der Waals surface area contributed by atoms with Gasteiger partial charge < -0.3 is 18.2 Å². The molecule has 17 heavy (non-hydrogen) atoms. The second-order valence-electron chi connectivity index (χ2n) is 4.11. The average molecular weight is 260 g/mol. The fourth-order valence-electron chi connectivity index (χ4n) is 1.94. The van der Waals surface area contributed by atoms with Crippen molar-refractivity contribution in [2.24, 2.45) is 4.99 Å². The smallest absolute Gasteiger partial charge is 0.376 e. The van der Waals surface area contributed by atoms with Crippen molar-refractivity contribution in [1.29, 1.82) is 0 Å². The maximum atomic E-state index is 5.35. The third-order valence-corrected chi connectivity index (χ3v) is 5.72. The van der Waals surface area contributed by atoms with Crippen molar-refractivity contribution in [3.05, 3.63) is 0 Å². The van der Waals surface area contributed by atoms with E-state index in [0.717, 1.165) is 32.5 Å². The minimum absolute atomic E-state index is 0.526. The van der Waals surface area contributed by atoms with Gasteiger partial charge in [0.05, 0.1) is 0 Å². The summed E-state index contributed by atoms with van der Waals surface area (Å²) in [5, 5.41) is 0. The second kappa shape index (κ2) is 7.23. The van der Waals surface area contributed by atoms with E-state index in [1.807, 2.05) is 0 Å². The van der Waals surface area contributed by atoms with Crippen LogP contribution < -0.4 is 0 Å². The lowest BCUT2D eigenvalue weighted by Gasteiger charge is -2.27. The molecule has 1 aliphatic heterocycles. The molecule has 100 valence electrons. The van der Waals surface area contributed by atoms with E-state index in [-0.39, 0.29) is 0 Å². The van der Waals surface area contributed by atoms with Gasteiger partial charge in [0.2, 0.25) is 0 Å². The lowest BCUT2D eigenvalue weighted by molar-refractivity contribution is 0.125. The lowest BCUT2D eigenvalue weighted by Crippen LogP contribution is -2.47. The Balaban J connectivity index is 2.48. The summed E-state index contributed by atoms with van der Waals surface area (Å²) in [7, 11) is 2.34. The fraction of sp³-hybridized carbons (Fsp3) is 0.909. The first kappa shape index (κ1) is 14.8.